The molecule has 0 aromatic heterocycles. The van der Waals surface area contributed by atoms with E-state index in [1.54, 1.807) is 19.2 Å². The fourth-order valence-electron chi connectivity index (χ4n) is 2.46. The molecule has 0 radical (unpaired) electrons. The van der Waals surface area contributed by atoms with Crippen molar-refractivity contribution in [1.29, 1.82) is 0 Å². The molecule has 0 aliphatic rings. The van der Waals surface area contributed by atoms with Crippen LogP contribution in [0.15, 0.2) is 42.5 Å². The predicted molar refractivity (Wildman–Crippen MR) is 103 cm³/mol. The largest absolute Gasteiger partial charge is 0.496 e. The molecule has 0 saturated heterocycles. The maximum Gasteiger partial charge on any atom is 0.233 e. The summed E-state index contributed by atoms with van der Waals surface area (Å²) in [5.41, 5.74) is 2.09. The van der Waals surface area contributed by atoms with Crippen molar-refractivity contribution in [3.05, 3.63) is 63.6 Å². The van der Waals surface area contributed by atoms with Crippen molar-refractivity contribution in [2.75, 3.05) is 26.7 Å². The van der Waals surface area contributed by atoms with Gasteiger partial charge in [-0.2, -0.15) is 0 Å². The van der Waals surface area contributed by atoms with Crippen LogP contribution in [0.1, 0.15) is 11.1 Å². The van der Waals surface area contributed by atoms with E-state index in [1.807, 2.05) is 30.3 Å². The lowest BCUT2D eigenvalue weighted by atomic mass is 10.1. The Hall–Kier alpha value is -1.75. The van der Waals surface area contributed by atoms with Crippen LogP contribution >= 0.6 is 23.2 Å². The summed E-state index contributed by atoms with van der Waals surface area (Å²) in [4.78, 5) is 11.9. The summed E-state index contributed by atoms with van der Waals surface area (Å²) in [5, 5.41) is 7.25. The van der Waals surface area contributed by atoms with Gasteiger partial charge in [-0.3, -0.25) is 4.79 Å². The fraction of sp³-hybridized carbons (Fsp3) is 0.316. The van der Waals surface area contributed by atoms with Gasteiger partial charge in [-0.05, 0) is 48.7 Å². The standard InChI is InChI=1S/C19H22Cl2N2O2/c1-25-18-5-3-2-4-15(18)8-10-22-13-19(24)23-11-9-14-6-7-16(20)12-17(14)21/h2-7,12,22H,8-11,13H2,1H3,(H,23,24). The van der Waals surface area contributed by atoms with Crippen LogP contribution in [0.5, 0.6) is 5.75 Å². The van der Waals surface area contributed by atoms with Crippen LogP contribution in [-0.4, -0.2) is 32.7 Å². The lowest BCUT2D eigenvalue weighted by molar-refractivity contribution is -0.120. The summed E-state index contributed by atoms with van der Waals surface area (Å²) in [6, 6.07) is 13.3. The van der Waals surface area contributed by atoms with E-state index >= 15 is 0 Å². The molecule has 2 aromatic carbocycles. The lowest BCUT2D eigenvalue weighted by Gasteiger charge is -2.10. The third kappa shape index (κ3) is 6.58. The van der Waals surface area contributed by atoms with E-state index in [2.05, 4.69) is 10.6 Å². The molecule has 0 aliphatic carbocycles. The molecule has 4 nitrogen and oxygen atoms in total. The molecule has 0 aliphatic heterocycles. The van der Waals surface area contributed by atoms with E-state index in [9.17, 15) is 4.79 Å². The Morgan fingerprint density at radius 1 is 1.04 bits per heavy atom. The van der Waals surface area contributed by atoms with Crippen molar-refractivity contribution in [1.82, 2.24) is 10.6 Å². The summed E-state index contributed by atoms with van der Waals surface area (Å²) in [6.45, 7) is 1.52. The number of nitrogens with one attached hydrogen (secondary N) is 2. The fourth-order valence-corrected chi connectivity index (χ4v) is 2.96. The SMILES string of the molecule is COc1ccccc1CCNCC(=O)NCCc1ccc(Cl)cc1Cl. The van der Waals surface area contributed by atoms with E-state index in [0.717, 1.165) is 23.3 Å². The van der Waals surface area contributed by atoms with Crippen LogP contribution in [-0.2, 0) is 17.6 Å². The van der Waals surface area contributed by atoms with Gasteiger partial charge < -0.3 is 15.4 Å². The molecule has 2 rings (SSSR count). The van der Waals surface area contributed by atoms with Crippen molar-refractivity contribution >= 4 is 29.1 Å². The summed E-state index contributed by atoms with van der Waals surface area (Å²) in [5.74, 6) is 0.832. The molecule has 2 aromatic rings. The zero-order chi connectivity index (χ0) is 18.1. The third-order valence-corrected chi connectivity index (χ3v) is 4.37. The van der Waals surface area contributed by atoms with Crippen LogP contribution in [0.4, 0.5) is 0 Å². The summed E-state index contributed by atoms with van der Waals surface area (Å²) in [6.07, 6.45) is 1.47. The number of para-hydroxylation sites is 1. The quantitative estimate of drug-likeness (QED) is 0.654. The zero-order valence-corrected chi connectivity index (χ0v) is 15.7. The highest BCUT2D eigenvalue weighted by Gasteiger charge is 2.05. The van der Waals surface area contributed by atoms with E-state index in [4.69, 9.17) is 27.9 Å². The molecule has 0 unspecified atom stereocenters. The molecule has 0 bridgehead atoms. The second-order valence-corrected chi connectivity index (χ2v) is 6.42. The van der Waals surface area contributed by atoms with Gasteiger partial charge in [0.2, 0.25) is 5.91 Å². The molecule has 0 spiro atoms. The Morgan fingerprint density at radius 2 is 1.80 bits per heavy atom. The van der Waals surface area contributed by atoms with Gasteiger partial charge in [0, 0.05) is 16.6 Å². The van der Waals surface area contributed by atoms with Gasteiger partial charge in [0.25, 0.3) is 0 Å². The van der Waals surface area contributed by atoms with E-state index < -0.39 is 0 Å². The zero-order valence-electron chi connectivity index (χ0n) is 14.1. The van der Waals surface area contributed by atoms with E-state index in [-0.39, 0.29) is 12.5 Å². The Bertz CT molecular complexity index is 708. The Morgan fingerprint density at radius 3 is 2.56 bits per heavy atom. The highest BCUT2D eigenvalue weighted by Crippen LogP contribution is 2.21. The Kier molecular flexibility index (Phi) is 8.06. The molecule has 2 N–H and O–H groups in total. The molecule has 25 heavy (non-hydrogen) atoms. The number of halogens is 2. The number of hydrogen-bond acceptors (Lipinski definition) is 3. The molecule has 0 fully saturated rings. The van der Waals surface area contributed by atoms with Gasteiger partial charge in [-0.1, -0.05) is 47.5 Å². The number of rotatable bonds is 9. The minimum absolute atomic E-state index is 0.0369. The normalized spacial score (nSPS) is 10.5. The number of ether oxygens (including phenoxy) is 1. The minimum Gasteiger partial charge on any atom is -0.496 e. The first kappa shape index (κ1) is 19.6. The second-order valence-electron chi connectivity index (χ2n) is 5.57. The van der Waals surface area contributed by atoms with Crippen molar-refractivity contribution in [3.63, 3.8) is 0 Å². The number of hydrogen-bond donors (Lipinski definition) is 2. The minimum atomic E-state index is -0.0369. The van der Waals surface area contributed by atoms with Crippen molar-refractivity contribution in [3.8, 4) is 5.75 Å². The lowest BCUT2D eigenvalue weighted by Crippen LogP contribution is -2.35. The smallest absolute Gasteiger partial charge is 0.233 e. The summed E-state index contributed by atoms with van der Waals surface area (Å²) in [7, 11) is 1.66. The molecule has 134 valence electrons. The van der Waals surface area contributed by atoms with Gasteiger partial charge in [0.05, 0.1) is 13.7 Å². The van der Waals surface area contributed by atoms with Crippen molar-refractivity contribution < 1.29 is 9.53 Å². The molecular weight excluding hydrogens is 359 g/mol. The highest BCUT2D eigenvalue weighted by atomic mass is 35.5. The van der Waals surface area contributed by atoms with Crippen LogP contribution < -0.4 is 15.4 Å². The number of carbonyl (C=O) groups is 1. The monoisotopic (exact) mass is 380 g/mol. The Labute approximate surface area is 158 Å². The summed E-state index contributed by atoms with van der Waals surface area (Å²) >= 11 is 12.0. The van der Waals surface area contributed by atoms with E-state index in [1.165, 1.54) is 0 Å². The van der Waals surface area contributed by atoms with Crippen LogP contribution in [0.2, 0.25) is 10.0 Å². The van der Waals surface area contributed by atoms with E-state index in [0.29, 0.717) is 29.6 Å². The van der Waals surface area contributed by atoms with Crippen molar-refractivity contribution in [2.45, 2.75) is 12.8 Å². The van der Waals surface area contributed by atoms with Gasteiger partial charge in [-0.25, -0.2) is 0 Å². The Balaban J connectivity index is 1.64. The maximum absolute atomic E-state index is 11.9. The maximum atomic E-state index is 11.9. The first-order valence-electron chi connectivity index (χ1n) is 8.13. The van der Waals surface area contributed by atoms with Gasteiger partial charge in [0.1, 0.15) is 5.75 Å². The van der Waals surface area contributed by atoms with Crippen LogP contribution in [0.25, 0.3) is 0 Å². The number of carbonyl (C=O) groups excluding carboxylic acids is 1. The van der Waals surface area contributed by atoms with Crippen LogP contribution in [0, 0.1) is 0 Å². The molecule has 0 saturated carbocycles. The van der Waals surface area contributed by atoms with Gasteiger partial charge in [0.15, 0.2) is 0 Å². The first-order valence-corrected chi connectivity index (χ1v) is 8.89. The average Bonchev–Trinajstić information content (AvgIpc) is 2.61. The summed E-state index contributed by atoms with van der Waals surface area (Å²) < 4.78 is 5.31. The average molecular weight is 381 g/mol. The topological polar surface area (TPSA) is 50.4 Å². The molecule has 0 atom stereocenters. The highest BCUT2D eigenvalue weighted by molar-refractivity contribution is 6.35. The number of methoxy groups -OCH3 is 1. The molecule has 0 heterocycles. The third-order valence-electron chi connectivity index (χ3n) is 3.78. The molecule has 6 heteroatoms. The number of amides is 1. The second kappa shape index (κ2) is 10.3. The molecular formula is C19H22Cl2N2O2. The number of benzene rings is 2. The molecule has 1 amide bonds. The van der Waals surface area contributed by atoms with Crippen molar-refractivity contribution in [2.24, 2.45) is 0 Å². The first-order chi connectivity index (χ1) is 12.1. The van der Waals surface area contributed by atoms with Crippen LogP contribution in [0.3, 0.4) is 0 Å². The predicted octanol–water partition coefficient (Wildman–Crippen LogP) is 3.49. The van der Waals surface area contributed by atoms with Gasteiger partial charge in [-0.15, -0.1) is 0 Å². The van der Waals surface area contributed by atoms with Gasteiger partial charge >= 0.3 is 0 Å².